The molecule has 4 rings (SSSR count). The molecule has 2 heterocycles. The maximum atomic E-state index is 4.72. The van der Waals surface area contributed by atoms with Crippen molar-refractivity contribution in [3.05, 3.63) is 71.9 Å². The fourth-order valence-corrected chi connectivity index (χ4v) is 2.57. The van der Waals surface area contributed by atoms with Crippen molar-refractivity contribution in [2.45, 2.75) is 6.42 Å². The second-order valence-electron chi connectivity index (χ2n) is 4.60. The van der Waals surface area contributed by atoms with Crippen LogP contribution in [0.15, 0.2) is 60.7 Å². The van der Waals surface area contributed by atoms with E-state index in [4.69, 9.17) is 5.10 Å². The molecule has 1 aliphatic heterocycles. The first-order valence-corrected chi connectivity index (χ1v) is 6.14. The lowest BCUT2D eigenvalue weighted by Gasteiger charge is -2.00. The minimum Gasteiger partial charge on any atom is -0.237 e. The molecule has 0 radical (unpaired) electrons. The van der Waals surface area contributed by atoms with Crippen LogP contribution < -0.4 is 0 Å². The van der Waals surface area contributed by atoms with Crippen molar-refractivity contribution in [1.82, 2.24) is 9.78 Å². The van der Waals surface area contributed by atoms with Gasteiger partial charge in [-0.25, -0.2) is 4.68 Å². The van der Waals surface area contributed by atoms with E-state index in [1.165, 1.54) is 22.5 Å². The van der Waals surface area contributed by atoms with Crippen LogP contribution in [-0.4, -0.2) is 9.78 Å². The molecular formula is C16H12N2. The summed E-state index contributed by atoms with van der Waals surface area (Å²) < 4.78 is 2.07. The van der Waals surface area contributed by atoms with Crippen LogP contribution in [0.2, 0.25) is 0 Å². The number of benzene rings is 2. The summed E-state index contributed by atoms with van der Waals surface area (Å²) in [5, 5.41) is 4.72. The van der Waals surface area contributed by atoms with Crippen molar-refractivity contribution < 1.29 is 0 Å². The van der Waals surface area contributed by atoms with Crippen LogP contribution in [0.4, 0.5) is 0 Å². The molecule has 0 saturated carbocycles. The number of para-hydroxylation sites is 1. The zero-order valence-electron chi connectivity index (χ0n) is 9.88. The average Bonchev–Trinajstić information content (AvgIpc) is 2.97. The third-order valence-corrected chi connectivity index (χ3v) is 3.44. The molecule has 86 valence electrons. The van der Waals surface area contributed by atoms with Crippen LogP contribution in [0.5, 0.6) is 0 Å². The minimum atomic E-state index is 0.982. The second kappa shape index (κ2) is 3.57. The highest BCUT2D eigenvalue weighted by molar-refractivity contribution is 5.62. The van der Waals surface area contributed by atoms with Gasteiger partial charge in [0, 0.05) is 17.7 Å². The van der Waals surface area contributed by atoms with Gasteiger partial charge in [0.05, 0.1) is 11.4 Å². The maximum absolute atomic E-state index is 4.72. The van der Waals surface area contributed by atoms with Crippen molar-refractivity contribution in [1.29, 1.82) is 0 Å². The zero-order valence-corrected chi connectivity index (χ0v) is 9.88. The summed E-state index contributed by atoms with van der Waals surface area (Å²) >= 11 is 0. The lowest BCUT2D eigenvalue weighted by atomic mass is 10.1. The Labute approximate surface area is 106 Å². The Kier molecular flexibility index (Phi) is 1.92. The second-order valence-corrected chi connectivity index (χ2v) is 4.60. The van der Waals surface area contributed by atoms with E-state index < -0.39 is 0 Å². The van der Waals surface area contributed by atoms with Gasteiger partial charge < -0.3 is 0 Å². The first-order chi connectivity index (χ1) is 8.92. The van der Waals surface area contributed by atoms with E-state index in [0.29, 0.717) is 0 Å². The fraction of sp³-hybridized carbons (Fsp3) is 0.0625. The van der Waals surface area contributed by atoms with Gasteiger partial charge in [-0.05, 0) is 17.7 Å². The summed E-state index contributed by atoms with van der Waals surface area (Å²) in [4.78, 5) is 0. The summed E-state index contributed by atoms with van der Waals surface area (Å²) in [5.74, 6) is 0. The summed E-state index contributed by atoms with van der Waals surface area (Å²) in [7, 11) is 0. The van der Waals surface area contributed by atoms with E-state index in [1.54, 1.807) is 0 Å². The van der Waals surface area contributed by atoms with Crippen LogP contribution in [0, 0.1) is 0 Å². The van der Waals surface area contributed by atoms with Gasteiger partial charge >= 0.3 is 0 Å². The first kappa shape index (κ1) is 9.66. The summed E-state index contributed by atoms with van der Waals surface area (Å²) in [6, 6.07) is 21.0. The van der Waals surface area contributed by atoms with E-state index >= 15 is 0 Å². The van der Waals surface area contributed by atoms with E-state index in [-0.39, 0.29) is 0 Å². The van der Waals surface area contributed by atoms with Gasteiger partial charge in [-0.2, -0.15) is 5.10 Å². The number of nitrogens with zero attached hydrogens (tertiary/aromatic N) is 2. The Morgan fingerprint density at radius 2 is 1.67 bits per heavy atom. The summed E-state index contributed by atoms with van der Waals surface area (Å²) in [5.41, 5.74) is 6.08. The molecule has 0 atom stereocenters. The van der Waals surface area contributed by atoms with Gasteiger partial charge in [0.15, 0.2) is 0 Å². The molecule has 0 fully saturated rings. The monoisotopic (exact) mass is 232 g/mol. The summed E-state index contributed by atoms with van der Waals surface area (Å²) in [6.45, 7) is 0. The van der Waals surface area contributed by atoms with E-state index in [1.807, 2.05) is 18.2 Å². The number of fused-ring (bicyclic) bond motifs is 3. The predicted octanol–water partition coefficient (Wildman–Crippen LogP) is 3.44. The van der Waals surface area contributed by atoms with E-state index in [2.05, 4.69) is 47.1 Å². The predicted molar refractivity (Wildman–Crippen MR) is 71.8 cm³/mol. The topological polar surface area (TPSA) is 17.8 Å². The molecule has 0 amide bonds. The molecule has 0 N–H and O–H groups in total. The quantitative estimate of drug-likeness (QED) is 0.491. The molecule has 1 aliphatic rings. The number of aromatic nitrogens is 2. The van der Waals surface area contributed by atoms with Crippen molar-refractivity contribution in [2.75, 3.05) is 0 Å². The molecule has 3 aromatic rings. The molecule has 2 heteroatoms. The van der Waals surface area contributed by atoms with Crippen molar-refractivity contribution in [3.8, 4) is 16.9 Å². The highest BCUT2D eigenvalue weighted by atomic mass is 15.3. The van der Waals surface area contributed by atoms with E-state index in [9.17, 15) is 0 Å². The number of rotatable bonds is 1. The molecule has 0 bridgehead atoms. The Balaban J connectivity index is 1.86. The average molecular weight is 232 g/mol. The molecule has 2 aromatic carbocycles. The Bertz CT molecular complexity index is 711. The molecule has 0 saturated heterocycles. The Morgan fingerprint density at radius 3 is 2.56 bits per heavy atom. The first-order valence-electron chi connectivity index (χ1n) is 6.14. The molecule has 2 nitrogen and oxygen atoms in total. The SMILES string of the molecule is c1ccc(-c2cc3n(n2)-c2ccccc2C3)cc1. The largest absolute Gasteiger partial charge is 0.237 e. The normalized spacial score (nSPS) is 12.2. The minimum absolute atomic E-state index is 0.982. The van der Waals surface area contributed by atoms with Crippen LogP contribution >= 0.6 is 0 Å². The molecule has 0 spiro atoms. The Morgan fingerprint density at radius 1 is 0.889 bits per heavy atom. The van der Waals surface area contributed by atoms with Crippen LogP contribution in [0.1, 0.15) is 11.3 Å². The highest BCUT2D eigenvalue weighted by Crippen LogP contribution is 2.30. The van der Waals surface area contributed by atoms with Gasteiger partial charge in [-0.1, -0.05) is 48.5 Å². The van der Waals surface area contributed by atoms with E-state index in [0.717, 1.165) is 12.1 Å². The number of hydrogen-bond acceptors (Lipinski definition) is 1. The van der Waals surface area contributed by atoms with Crippen molar-refractivity contribution >= 4 is 0 Å². The smallest absolute Gasteiger partial charge is 0.0930 e. The highest BCUT2D eigenvalue weighted by Gasteiger charge is 2.20. The molecule has 1 aromatic heterocycles. The van der Waals surface area contributed by atoms with Gasteiger partial charge in [-0.15, -0.1) is 0 Å². The zero-order chi connectivity index (χ0) is 11.9. The third-order valence-electron chi connectivity index (χ3n) is 3.44. The third kappa shape index (κ3) is 1.32. The lowest BCUT2D eigenvalue weighted by molar-refractivity contribution is 0.874. The standard InChI is InChI=1S/C16H12N2/c1-2-6-12(7-3-1)15-11-14-10-13-8-4-5-9-16(13)18(14)17-15/h1-9,11H,10H2. The van der Waals surface area contributed by atoms with Crippen molar-refractivity contribution in [2.24, 2.45) is 0 Å². The van der Waals surface area contributed by atoms with Gasteiger partial charge in [0.1, 0.15) is 0 Å². The van der Waals surface area contributed by atoms with Gasteiger partial charge in [0.25, 0.3) is 0 Å². The maximum Gasteiger partial charge on any atom is 0.0930 e. The summed E-state index contributed by atoms with van der Waals surface area (Å²) in [6.07, 6.45) is 0.982. The molecule has 0 unspecified atom stereocenters. The fourth-order valence-electron chi connectivity index (χ4n) is 2.57. The van der Waals surface area contributed by atoms with Crippen LogP contribution in [0.3, 0.4) is 0 Å². The van der Waals surface area contributed by atoms with Crippen LogP contribution in [-0.2, 0) is 6.42 Å². The molecular weight excluding hydrogens is 220 g/mol. The number of hydrogen-bond donors (Lipinski definition) is 0. The Hall–Kier alpha value is -2.35. The lowest BCUT2D eigenvalue weighted by Crippen LogP contribution is -1.94. The van der Waals surface area contributed by atoms with Crippen molar-refractivity contribution in [3.63, 3.8) is 0 Å². The molecule has 0 aliphatic carbocycles. The molecule has 18 heavy (non-hydrogen) atoms. The van der Waals surface area contributed by atoms with Crippen LogP contribution in [0.25, 0.3) is 16.9 Å². The van der Waals surface area contributed by atoms with Gasteiger partial charge in [0.2, 0.25) is 0 Å². The van der Waals surface area contributed by atoms with Gasteiger partial charge in [-0.3, -0.25) is 0 Å².